The van der Waals surface area contributed by atoms with E-state index in [4.69, 9.17) is 0 Å². The smallest absolute Gasteiger partial charge is 0.249 e. The molecule has 190 valence electrons. The van der Waals surface area contributed by atoms with Gasteiger partial charge in [-0.2, -0.15) is 11.3 Å². The average Bonchev–Trinajstić information content (AvgIpc) is 3.41. The molecule has 37 heavy (non-hydrogen) atoms. The zero-order chi connectivity index (χ0) is 26.0. The van der Waals surface area contributed by atoms with Gasteiger partial charge in [0.2, 0.25) is 5.91 Å². The van der Waals surface area contributed by atoms with Gasteiger partial charge in [0, 0.05) is 47.3 Å². The van der Waals surface area contributed by atoms with Gasteiger partial charge in [0.25, 0.3) is 0 Å². The van der Waals surface area contributed by atoms with Crippen LogP contribution in [0.2, 0.25) is 0 Å². The first kappa shape index (κ1) is 25.2. The third-order valence-electron chi connectivity index (χ3n) is 7.48. The van der Waals surface area contributed by atoms with Gasteiger partial charge in [-0.15, -0.1) is 0 Å². The number of hydrogen-bond donors (Lipinski definition) is 2. The van der Waals surface area contributed by atoms with E-state index in [-0.39, 0.29) is 28.9 Å². The number of amides is 1. The van der Waals surface area contributed by atoms with E-state index in [0.717, 1.165) is 35.4 Å². The molecule has 0 saturated heterocycles. The summed E-state index contributed by atoms with van der Waals surface area (Å²) >= 11 is 1.60. The molecule has 2 N–H and O–H groups in total. The van der Waals surface area contributed by atoms with Gasteiger partial charge in [-0.1, -0.05) is 74.5 Å². The molecule has 1 aliphatic carbocycles. The summed E-state index contributed by atoms with van der Waals surface area (Å²) in [5.74, 6) is -0.109. The molecule has 1 amide bonds. The summed E-state index contributed by atoms with van der Waals surface area (Å²) < 4.78 is 0. The maximum absolute atomic E-state index is 13.7. The van der Waals surface area contributed by atoms with E-state index >= 15 is 0 Å². The van der Waals surface area contributed by atoms with Crippen molar-refractivity contribution in [3.8, 4) is 0 Å². The lowest BCUT2D eigenvalue weighted by molar-refractivity contribution is -0.118. The lowest BCUT2D eigenvalue weighted by atomic mass is 9.69. The Morgan fingerprint density at radius 3 is 2.27 bits per heavy atom. The number of allylic oxidation sites excluding steroid dienone is 3. The lowest BCUT2D eigenvalue weighted by Gasteiger charge is -2.39. The zero-order valence-electron chi connectivity index (χ0n) is 21.7. The monoisotopic (exact) mass is 510 g/mol. The van der Waals surface area contributed by atoms with E-state index in [0.29, 0.717) is 18.5 Å². The molecule has 0 fully saturated rings. The third kappa shape index (κ3) is 5.33. The molecule has 5 heteroatoms. The van der Waals surface area contributed by atoms with Crippen LogP contribution in [0.5, 0.6) is 0 Å². The first-order valence-corrected chi connectivity index (χ1v) is 13.9. The highest BCUT2D eigenvalue weighted by molar-refractivity contribution is 7.08. The molecule has 2 heterocycles. The van der Waals surface area contributed by atoms with Gasteiger partial charge in [-0.25, -0.2) is 0 Å². The van der Waals surface area contributed by atoms with Crippen LogP contribution in [0.4, 0.5) is 0 Å². The fourth-order valence-corrected chi connectivity index (χ4v) is 6.52. The summed E-state index contributed by atoms with van der Waals surface area (Å²) in [6.45, 7) is 6.76. The van der Waals surface area contributed by atoms with Crippen LogP contribution in [-0.2, 0) is 9.59 Å². The van der Waals surface area contributed by atoms with Crippen molar-refractivity contribution in [1.82, 2.24) is 10.6 Å². The van der Waals surface area contributed by atoms with Gasteiger partial charge < -0.3 is 10.6 Å². The fraction of sp³-hybridized carbons (Fsp3) is 0.312. The minimum atomic E-state index is -0.329. The van der Waals surface area contributed by atoms with E-state index in [1.165, 1.54) is 11.1 Å². The molecule has 0 bridgehead atoms. The highest BCUT2D eigenvalue weighted by Gasteiger charge is 2.42. The largest absolute Gasteiger partial charge is 0.362 e. The normalized spacial score (nSPS) is 19.0. The quantitative estimate of drug-likeness (QED) is 0.372. The Morgan fingerprint density at radius 2 is 1.68 bits per heavy atom. The summed E-state index contributed by atoms with van der Waals surface area (Å²) in [7, 11) is 0. The second kappa shape index (κ2) is 10.5. The van der Waals surface area contributed by atoms with Gasteiger partial charge in [0.05, 0.1) is 0 Å². The Morgan fingerprint density at radius 1 is 1.03 bits per heavy atom. The first-order valence-electron chi connectivity index (χ1n) is 13.0. The first-order chi connectivity index (χ1) is 17.8. The van der Waals surface area contributed by atoms with Crippen LogP contribution in [0.25, 0.3) is 0 Å². The molecule has 1 aliphatic heterocycles. The average molecular weight is 511 g/mol. The molecule has 5 rings (SSSR count). The van der Waals surface area contributed by atoms with Gasteiger partial charge >= 0.3 is 0 Å². The molecule has 1 unspecified atom stereocenters. The number of Topliss-reactive ketones (excluding diaryl/α,β-unsaturated/α-hetero) is 1. The third-order valence-corrected chi connectivity index (χ3v) is 8.18. The molecule has 0 saturated carbocycles. The Hall–Kier alpha value is -3.44. The van der Waals surface area contributed by atoms with Crippen LogP contribution >= 0.6 is 11.3 Å². The minimum Gasteiger partial charge on any atom is -0.362 e. The molecule has 0 radical (unpaired) electrons. The number of hydrogen-bond acceptors (Lipinski definition) is 4. The lowest BCUT2D eigenvalue weighted by Crippen LogP contribution is -2.40. The highest BCUT2D eigenvalue weighted by Crippen LogP contribution is 2.46. The maximum Gasteiger partial charge on any atom is 0.249 e. The second-order valence-electron chi connectivity index (χ2n) is 10.9. The number of ketones is 1. The summed E-state index contributed by atoms with van der Waals surface area (Å²) in [5, 5.41) is 10.7. The van der Waals surface area contributed by atoms with E-state index in [1.807, 2.05) is 30.5 Å². The Kier molecular flexibility index (Phi) is 7.16. The molecule has 1 atom stereocenters. The van der Waals surface area contributed by atoms with Crippen molar-refractivity contribution < 1.29 is 9.59 Å². The summed E-state index contributed by atoms with van der Waals surface area (Å²) in [4.78, 5) is 27.1. The summed E-state index contributed by atoms with van der Waals surface area (Å²) in [6.07, 6.45) is 2.08. The summed E-state index contributed by atoms with van der Waals surface area (Å²) in [5.41, 5.74) is 6.62. The number of carbonyl (C=O) groups is 2. The highest BCUT2D eigenvalue weighted by atomic mass is 32.1. The van der Waals surface area contributed by atoms with E-state index < -0.39 is 0 Å². The molecular formula is C32H34N2O2S. The minimum absolute atomic E-state index is 0.0912. The van der Waals surface area contributed by atoms with Crippen molar-refractivity contribution in [3.63, 3.8) is 0 Å². The van der Waals surface area contributed by atoms with Crippen LogP contribution in [0.1, 0.15) is 68.6 Å². The number of carbonyl (C=O) groups excluding carboxylic acids is 2. The maximum atomic E-state index is 13.7. The van der Waals surface area contributed by atoms with Gasteiger partial charge in [-0.3, -0.25) is 9.59 Å². The topological polar surface area (TPSA) is 58.2 Å². The second-order valence-corrected chi connectivity index (χ2v) is 11.7. The van der Waals surface area contributed by atoms with Crippen molar-refractivity contribution in [2.45, 2.75) is 51.9 Å². The van der Waals surface area contributed by atoms with Gasteiger partial charge in [0.15, 0.2) is 5.78 Å². The molecule has 2 aromatic carbocycles. The van der Waals surface area contributed by atoms with Crippen molar-refractivity contribution >= 4 is 23.0 Å². The van der Waals surface area contributed by atoms with Gasteiger partial charge in [0.1, 0.15) is 0 Å². The predicted molar refractivity (Wildman–Crippen MR) is 150 cm³/mol. The number of benzene rings is 2. The number of thiophene rings is 1. The molecule has 4 nitrogen and oxygen atoms in total. The van der Waals surface area contributed by atoms with Crippen molar-refractivity contribution in [2.24, 2.45) is 5.41 Å². The zero-order valence-corrected chi connectivity index (χ0v) is 22.5. The number of dihydropyridines is 1. The van der Waals surface area contributed by atoms with E-state index in [9.17, 15) is 9.59 Å². The van der Waals surface area contributed by atoms with Crippen molar-refractivity contribution in [3.05, 3.63) is 117 Å². The Bertz CT molecular complexity index is 1300. The van der Waals surface area contributed by atoms with E-state index in [1.54, 1.807) is 11.3 Å². The summed E-state index contributed by atoms with van der Waals surface area (Å²) in [6, 6.07) is 22.9. The molecule has 0 spiro atoms. The van der Waals surface area contributed by atoms with Crippen LogP contribution in [0.15, 0.2) is 100 Å². The molecule has 1 aromatic heterocycles. The number of rotatable bonds is 7. The fourth-order valence-electron chi connectivity index (χ4n) is 5.83. The SMILES string of the molecule is CC1=C(C(=O)NCCC(c2ccccc2)c2ccccc2)C(c2ccsc2)C2=C(CC(C)(C)CC2=O)N1. The van der Waals surface area contributed by atoms with Crippen LogP contribution in [0, 0.1) is 5.41 Å². The van der Waals surface area contributed by atoms with Crippen LogP contribution < -0.4 is 10.6 Å². The molecule has 2 aliphatic rings. The standard InChI is InChI=1S/C32H34N2O2S/c1-21-28(29(24-15-17-37-20-24)30-26(34-21)18-32(2,3)19-27(30)35)31(36)33-16-14-25(22-10-6-4-7-11-22)23-12-8-5-9-13-23/h4-13,15,17,20,25,29,34H,14,16,18-19H2,1-3H3,(H,33,36). The Balaban J connectivity index is 1.39. The number of nitrogens with one attached hydrogen (secondary N) is 2. The van der Waals surface area contributed by atoms with Gasteiger partial charge in [-0.05, 0) is 58.7 Å². The van der Waals surface area contributed by atoms with Crippen LogP contribution in [0.3, 0.4) is 0 Å². The molecular weight excluding hydrogens is 476 g/mol. The predicted octanol–water partition coefficient (Wildman–Crippen LogP) is 6.69. The van der Waals surface area contributed by atoms with Crippen molar-refractivity contribution in [1.29, 1.82) is 0 Å². The van der Waals surface area contributed by atoms with E-state index in [2.05, 4.69) is 78.4 Å². The van der Waals surface area contributed by atoms with Crippen molar-refractivity contribution in [2.75, 3.05) is 6.54 Å². The Labute approximate surface area is 223 Å². The van der Waals surface area contributed by atoms with Crippen LogP contribution in [-0.4, -0.2) is 18.2 Å². The molecule has 3 aromatic rings.